The van der Waals surface area contributed by atoms with Gasteiger partial charge in [-0.2, -0.15) is 11.8 Å². The first kappa shape index (κ1) is 14.8. The normalized spacial score (nSPS) is 19.5. The molecule has 0 heterocycles. The quantitative estimate of drug-likeness (QED) is 0.701. The summed E-state index contributed by atoms with van der Waals surface area (Å²) in [6.45, 7) is 3.04. The zero-order chi connectivity index (χ0) is 12.7. The Labute approximate surface area is 109 Å². The smallest absolute Gasteiger partial charge is 0.236 e. The van der Waals surface area contributed by atoms with Gasteiger partial charge in [-0.05, 0) is 43.1 Å². The minimum atomic E-state index is -0.332. The first-order valence-corrected chi connectivity index (χ1v) is 8.05. The van der Waals surface area contributed by atoms with Gasteiger partial charge in [-0.1, -0.05) is 19.8 Å². The van der Waals surface area contributed by atoms with Crippen molar-refractivity contribution in [2.75, 3.05) is 18.6 Å². The molecule has 0 spiro atoms. The third-order valence-corrected chi connectivity index (χ3v) is 4.45. The molecule has 1 amide bonds. The number of hydrogen-bond acceptors (Lipinski definition) is 3. The summed E-state index contributed by atoms with van der Waals surface area (Å²) < 4.78 is 0. The van der Waals surface area contributed by atoms with Crippen molar-refractivity contribution in [3.05, 3.63) is 0 Å². The van der Waals surface area contributed by atoms with E-state index in [1.54, 1.807) is 11.8 Å². The molecule has 4 heteroatoms. The summed E-state index contributed by atoms with van der Waals surface area (Å²) in [4.78, 5) is 11.8. The van der Waals surface area contributed by atoms with Crippen molar-refractivity contribution < 1.29 is 4.79 Å². The van der Waals surface area contributed by atoms with Gasteiger partial charge in [0.2, 0.25) is 5.91 Å². The van der Waals surface area contributed by atoms with Gasteiger partial charge < -0.3 is 11.1 Å². The molecule has 3 nitrogen and oxygen atoms in total. The molecular weight excluding hydrogens is 232 g/mol. The van der Waals surface area contributed by atoms with Gasteiger partial charge in [-0.3, -0.25) is 4.79 Å². The van der Waals surface area contributed by atoms with E-state index >= 15 is 0 Å². The standard InChI is InChI=1S/C13H26N2OS/c1-3-6-13(7-4-8-13)10-15-12(16)11(14)5-9-17-2/h11H,3-10,14H2,1-2H3,(H,15,16)/t11-/m0/s1. The van der Waals surface area contributed by atoms with Gasteiger partial charge >= 0.3 is 0 Å². The second-order valence-corrected chi connectivity index (χ2v) is 6.19. The molecule has 3 N–H and O–H groups in total. The van der Waals surface area contributed by atoms with Crippen LogP contribution in [0.3, 0.4) is 0 Å². The average Bonchev–Trinajstić information content (AvgIpc) is 2.28. The van der Waals surface area contributed by atoms with Gasteiger partial charge in [0.25, 0.3) is 0 Å². The maximum absolute atomic E-state index is 11.8. The third-order valence-electron chi connectivity index (χ3n) is 3.80. The monoisotopic (exact) mass is 258 g/mol. The molecule has 0 unspecified atom stereocenters. The molecule has 0 aromatic carbocycles. The van der Waals surface area contributed by atoms with Crippen LogP contribution in [0, 0.1) is 5.41 Å². The summed E-state index contributed by atoms with van der Waals surface area (Å²) in [5, 5.41) is 3.05. The second-order valence-electron chi connectivity index (χ2n) is 5.21. The minimum absolute atomic E-state index is 0.0291. The highest BCUT2D eigenvalue weighted by Crippen LogP contribution is 2.44. The van der Waals surface area contributed by atoms with E-state index < -0.39 is 0 Å². The predicted molar refractivity (Wildman–Crippen MR) is 75.2 cm³/mol. The van der Waals surface area contributed by atoms with Gasteiger partial charge in [0.05, 0.1) is 6.04 Å². The van der Waals surface area contributed by atoms with Gasteiger partial charge in [0, 0.05) is 6.54 Å². The van der Waals surface area contributed by atoms with Crippen LogP contribution in [0.25, 0.3) is 0 Å². The fraction of sp³-hybridized carbons (Fsp3) is 0.923. The number of hydrogen-bond donors (Lipinski definition) is 2. The van der Waals surface area contributed by atoms with Crippen LogP contribution in [-0.2, 0) is 4.79 Å². The van der Waals surface area contributed by atoms with Crippen LogP contribution in [0.2, 0.25) is 0 Å². The zero-order valence-electron chi connectivity index (χ0n) is 11.1. The Morgan fingerprint density at radius 2 is 2.24 bits per heavy atom. The lowest BCUT2D eigenvalue weighted by Crippen LogP contribution is -2.47. The average molecular weight is 258 g/mol. The fourth-order valence-electron chi connectivity index (χ4n) is 2.50. The van der Waals surface area contributed by atoms with E-state index in [1.165, 1.54) is 32.1 Å². The zero-order valence-corrected chi connectivity index (χ0v) is 11.9. The molecular formula is C13H26N2OS. The molecule has 17 heavy (non-hydrogen) atoms. The number of thioether (sulfide) groups is 1. The molecule has 1 aliphatic rings. The van der Waals surface area contributed by atoms with E-state index in [0.717, 1.165) is 18.7 Å². The van der Waals surface area contributed by atoms with Crippen LogP contribution in [0.4, 0.5) is 0 Å². The highest BCUT2D eigenvalue weighted by Gasteiger charge is 2.36. The summed E-state index contributed by atoms with van der Waals surface area (Å²) in [5.74, 6) is 0.982. The summed E-state index contributed by atoms with van der Waals surface area (Å²) in [6, 6.07) is -0.332. The Bertz CT molecular complexity index is 242. The summed E-state index contributed by atoms with van der Waals surface area (Å²) in [6.07, 6.45) is 9.08. The van der Waals surface area contributed by atoms with Crippen molar-refractivity contribution >= 4 is 17.7 Å². The van der Waals surface area contributed by atoms with Crippen LogP contribution < -0.4 is 11.1 Å². The molecule has 0 aromatic rings. The topological polar surface area (TPSA) is 55.1 Å². The molecule has 1 saturated carbocycles. The van der Waals surface area contributed by atoms with Crippen LogP contribution >= 0.6 is 11.8 Å². The van der Waals surface area contributed by atoms with Crippen molar-refractivity contribution in [2.45, 2.75) is 51.5 Å². The van der Waals surface area contributed by atoms with E-state index in [2.05, 4.69) is 12.2 Å². The third kappa shape index (κ3) is 4.51. The summed E-state index contributed by atoms with van der Waals surface area (Å²) in [7, 11) is 0. The number of carbonyl (C=O) groups excluding carboxylic acids is 1. The molecule has 0 aliphatic heterocycles. The number of amides is 1. The van der Waals surface area contributed by atoms with Crippen LogP contribution in [-0.4, -0.2) is 30.5 Å². The maximum atomic E-state index is 11.8. The lowest BCUT2D eigenvalue weighted by Gasteiger charge is -2.42. The highest BCUT2D eigenvalue weighted by atomic mass is 32.2. The SMILES string of the molecule is CCCC1(CNC(=O)[C@@H](N)CCSC)CCC1. The van der Waals surface area contributed by atoms with E-state index in [0.29, 0.717) is 5.41 Å². The number of carbonyl (C=O) groups is 1. The molecule has 1 atom stereocenters. The van der Waals surface area contributed by atoms with E-state index in [9.17, 15) is 4.79 Å². The Balaban J connectivity index is 2.26. The Morgan fingerprint density at radius 1 is 1.53 bits per heavy atom. The van der Waals surface area contributed by atoms with Crippen molar-refractivity contribution in [1.29, 1.82) is 0 Å². The minimum Gasteiger partial charge on any atom is -0.354 e. The summed E-state index contributed by atoms with van der Waals surface area (Å²) >= 11 is 1.73. The van der Waals surface area contributed by atoms with Crippen LogP contribution in [0.1, 0.15) is 45.4 Å². The second kappa shape index (κ2) is 7.27. The fourth-order valence-corrected chi connectivity index (χ4v) is 2.99. The van der Waals surface area contributed by atoms with E-state index in [4.69, 9.17) is 5.73 Å². The molecule has 1 rings (SSSR count). The van der Waals surface area contributed by atoms with Gasteiger partial charge in [0.15, 0.2) is 0 Å². The molecule has 0 aromatic heterocycles. The lowest BCUT2D eigenvalue weighted by molar-refractivity contribution is -0.123. The largest absolute Gasteiger partial charge is 0.354 e. The van der Waals surface area contributed by atoms with Gasteiger partial charge in [-0.25, -0.2) is 0 Å². The molecule has 100 valence electrons. The summed E-state index contributed by atoms with van der Waals surface area (Å²) in [5.41, 5.74) is 6.23. The number of rotatable bonds is 8. The van der Waals surface area contributed by atoms with Crippen LogP contribution in [0.15, 0.2) is 0 Å². The molecule has 0 radical (unpaired) electrons. The Hall–Kier alpha value is -0.220. The maximum Gasteiger partial charge on any atom is 0.236 e. The molecule has 1 fully saturated rings. The van der Waals surface area contributed by atoms with Crippen molar-refractivity contribution in [3.63, 3.8) is 0 Å². The number of nitrogens with one attached hydrogen (secondary N) is 1. The van der Waals surface area contributed by atoms with Crippen molar-refractivity contribution in [3.8, 4) is 0 Å². The molecule has 1 aliphatic carbocycles. The van der Waals surface area contributed by atoms with Crippen molar-refractivity contribution in [1.82, 2.24) is 5.32 Å². The van der Waals surface area contributed by atoms with Gasteiger partial charge in [-0.15, -0.1) is 0 Å². The molecule has 0 saturated heterocycles. The Morgan fingerprint density at radius 3 is 2.71 bits per heavy atom. The predicted octanol–water partition coefficient (Wildman–Crippen LogP) is 2.15. The van der Waals surface area contributed by atoms with Gasteiger partial charge in [0.1, 0.15) is 0 Å². The molecule has 0 bridgehead atoms. The van der Waals surface area contributed by atoms with Crippen LogP contribution in [0.5, 0.6) is 0 Å². The van der Waals surface area contributed by atoms with Crippen molar-refractivity contribution in [2.24, 2.45) is 11.1 Å². The van der Waals surface area contributed by atoms with E-state index in [1.807, 2.05) is 6.26 Å². The first-order valence-electron chi connectivity index (χ1n) is 6.66. The highest BCUT2D eigenvalue weighted by molar-refractivity contribution is 7.98. The first-order chi connectivity index (χ1) is 8.13. The van der Waals surface area contributed by atoms with E-state index in [-0.39, 0.29) is 11.9 Å². The lowest BCUT2D eigenvalue weighted by atomic mass is 9.66. The number of nitrogens with two attached hydrogens (primary N) is 1. The Kier molecular flexibility index (Phi) is 6.34.